The number of allylic oxidation sites excluding steroid dienone is 2. The van der Waals surface area contributed by atoms with E-state index >= 15 is 0 Å². The first-order valence-corrected chi connectivity index (χ1v) is 6.32. The Balaban J connectivity index is 2.06. The van der Waals surface area contributed by atoms with Crippen LogP contribution in [-0.2, 0) is 9.59 Å². The molecule has 0 spiro atoms. The number of aromatic nitrogens is 1. The first kappa shape index (κ1) is 12.5. The largest absolute Gasteiger partial charge is 0.476 e. The van der Waals surface area contributed by atoms with Crippen LogP contribution in [0.5, 0.6) is 0 Å². The van der Waals surface area contributed by atoms with Gasteiger partial charge in [-0.05, 0) is 25.0 Å². The van der Waals surface area contributed by atoms with Gasteiger partial charge in [-0.1, -0.05) is 12.2 Å². The Morgan fingerprint density at radius 3 is 2.35 bits per heavy atom. The normalized spacial score (nSPS) is 24.9. The maximum absolute atomic E-state index is 12.4. The van der Waals surface area contributed by atoms with Gasteiger partial charge in [0.25, 0.3) is 0 Å². The number of amides is 2. The third-order valence-corrected chi connectivity index (χ3v) is 3.74. The number of imide groups is 1. The van der Waals surface area contributed by atoms with Crippen LogP contribution in [0.3, 0.4) is 0 Å². The number of carboxylic acids is 1. The highest BCUT2D eigenvalue weighted by atomic mass is 16.4. The molecule has 1 fully saturated rings. The van der Waals surface area contributed by atoms with Gasteiger partial charge in [-0.25, -0.2) is 14.7 Å². The van der Waals surface area contributed by atoms with E-state index in [1.807, 2.05) is 12.2 Å². The van der Waals surface area contributed by atoms with Gasteiger partial charge in [-0.2, -0.15) is 0 Å². The lowest BCUT2D eigenvalue weighted by atomic mass is 9.85. The second-order valence-electron chi connectivity index (χ2n) is 4.84. The Hall–Kier alpha value is -2.50. The highest BCUT2D eigenvalue weighted by molar-refractivity contribution is 6.23. The first-order chi connectivity index (χ1) is 9.61. The van der Waals surface area contributed by atoms with Crippen molar-refractivity contribution in [3.05, 3.63) is 36.2 Å². The highest BCUT2D eigenvalue weighted by Crippen LogP contribution is 2.38. The van der Waals surface area contributed by atoms with E-state index in [2.05, 4.69) is 4.98 Å². The number of hydrogen-bond donors (Lipinski definition) is 1. The summed E-state index contributed by atoms with van der Waals surface area (Å²) in [6.45, 7) is 0. The summed E-state index contributed by atoms with van der Waals surface area (Å²) in [4.78, 5) is 40.7. The zero-order valence-corrected chi connectivity index (χ0v) is 10.5. The molecular weight excluding hydrogens is 260 g/mol. The van der Waals surface area contributed by atoms with E-state index in [9.17, 15) is 14.4 Å². The van der Waals surface area contributed by atoms with Gasteiger partial charge in [-0.3, -0.25) is 9.59 Å². The molecule has 1 N–H and O–H groups in total. The van der Waals surface area contributed by atoms with Crippen LogP contribution in [-0.4, -0.2) is 27.9 Å². The molecule has 2 heterocycles. The van der Waals surface area contributed by atoms with Crippen LogP contribution in [0.1, 0.15) is 23.3 Å². The molecule has 6 heteroatoms. The van der Waals surface area contributed by atoms with Crippen molar-refractivity contribution in [1.82, 2.24) is 4.98 Å². The molecule has 102 valence electrons. The second kappa shape index (κ2) is 4.56. The number of fused-ring (bicyclic) bond motifs is 1. The van der Waals surface area contributed by atoms with Crippen molar-refractivity contribution in [2.24, 2.45) is 11.8 Å². The lowest BCUT2D eigenvalue weighted by molar-refractivity contribution is -0.122. The number of carbonyl (C=O) groups is 3. The maximum Gasteiger partial charge on any atom is 0.356 e. The standard InChI is InChI=1S/C14H12N2O4/c17-12-8-4-1-2-5-9(8)13(18)16(12)10-6-3-7-15-11(10)14(19)20/h1-3,6-9H,4-5H2,(H,19,20)/t8-,9+. The van der Waals surface area contributed by atoms with Gasteiger partial charge < -0.3 is 5.11 Å². The molecule has 1 aliphatic carbocycles. The average molecular weight is 272 g/mol. The van der Waals surface area contributed by atoms with Crippen LogP contribution in [0.4, 0.5) is 5.69 Å². The summed E-state index contributed by atoms with van der Waals surface area (Å²) >= 11 is 0. The van der Waals surface area contributed by atoms with E-state index in [1.54, 1.807) is 0 Å². The number of hydrogen-bond acceptors (Lipinski definition) is 4. The van der Waals surface area contributed by atoms with Gasteiger partial charge in [0.2, 0.25) is 11.8 Å². The maximum atomic E-state index is 12.4. The van der Waals surface area contributed by atoms with Gasteiger partial charge >= 0.3 is 5.97 Å². The number of nitrogens with zero attached hydrogens (tertiary/aromatic N) is 2. The average Bonchev–Trinajstić information content (AvgIpc) is 2.71. The van der Waals surface area contributed by atoms with Crippen molar-refractivity contribution in [3.8, 4) is 0 Å². The van der Waals surface area contributed by atoms with Crippen LogP contribution >= 0.6 is 0 Å². The molecule has 1 aliphatic heterocycles. The topological polar surface area (TPSA) is 87.6 Å². The van der Waals surface area contributed by atoms with Gasteiger partial charge in [0.15, 0.2) is 5.69 Å². The summed E-state index contributed by atoms with van der Waals surface area (Å²) in [6.07, 6.45) is 6.14. The number of pyridine rings is 1. The minimum absolute atomic E-state index is 0.0596. The van der Waals surface area contributed by atoms with E-state index in [1.165, 1.54) is 18.3 Å². The van der Waals surface area contributed by atoms with Crippen LogP contribution in [0.25, 0.3) is 0 Å². The summed E-state index contributed by atoms with van der Waals surface area (Å²) in [5.74, 6) is -2.68. The Bertz CT molecular complexity index is 612. The molecule has 0 aromatic carbocycles. The molecule has 2 aliphatic rings. The zero-order chi connectivity index (χ0) is 14.3. The number of aromatic carboxylic acids is 1. The van der Waals surface area contributed by atoms with Crippen LogP contribution in [0.15, 0.2) is 30.5 Å². The summed E-state index contributed by atoms with van der Waals surface area (Å²) in [5, 5.41) is 9.13. The van der Waals surface area contributed by atoms with Crippen LogP contribution in [0, 0.1) is 11.8 Å². The van der Waals surface area contributed by atoms with Gasteiger partial charge in [0.05, 0.1) is 17.5 Å². The quantitative estimate of drug-likeness (QED) is 0.646. The third-order valence-electron chi connectivity index (χ3n) is 3.74. The minimum Gasteiger partial charge on any atom is -0.476 e. The molecule has 1 aromatic heterocycles. The predicted octanol–water partition coefficient (Wildman–Crippen LogP) is 1.24. The van der Waals surface area contributed by atoms with Gasteiger partial charge in [0, 0.05) is 6.20 Å². The fourth-order valence-electron chi connectivity index (χ4n) is 2.78. The zero-order valence-electron chi connectivity index (χ0n) is 10.5. The molecule has 1 saturated heterocycles. The Morgan fingerprint density at radius 2 is 1.80 bits per heavy atom. The SMILES string of the molecule is O=C(O)c1ncccc1N1C(=O)[C@H]2CC=CC[C@H]2C1=O. The van der Waals surface area contributed by atoms with Crippen molar-refractivity contribution in [2.75, 3.05) is 4.90 Å². The molecular formula is C14H12N2O4. The van der Waals surface area contributed by atoms with E-state index in [0.29, 0.717) is 12.8 Å². The first-order valence-electron chi connectivity index (χ1n) is 6.32. The van der Waals surface area contributed by atoms with Crippen molar-refractivity contribution in [3.63, 3.8) is 0 Å². The lowest BCUT2D eigenvalue weighted by Gasteiger charge is -2.16. The van der Waals surface area contributed by atoms with Crippen LogP contribution in [0.2, 0.25) is 0 Å². The van der Waals surface area contributed by atoms with Crippen molar-refractivity contribution < 1.29 is 19.5 Å². The molecule has 3 rings (SSSR count). The Labute approximate surface area is 114 Å². The van der Waals surface area contributed by atoms with Gasteiger partial charge in [0.1, 0.15) is 0 Å². The van der Waals surface area contributed by atoms with E-state index in [4.69, 9.17) is 5.11 Å². The molecule has 0 unspecified atom stereocenters. The molecule has 2 atom stereocenters. The third kappa shape index (κ3) is 1.72. The van der Waals surface area contributed by atoms with E-state index in [0.717, 1.165) is 4.90 Å². The summed E-state index contributed by atoms with van der Waals surface area (Å²) in [5.41, 5.74) is -0.217. The number of anilines is 1. The number of carboxylic acid groups (broad SMARTS) is 1. The smallest absolute Gasteiger partial charge is 0.356 e. The molecule has 0 radical (unpaired) electrons. The minimum atomic E-state index is -1.26. The summed E-state index contributed by atoms with van der Waals surface area (Å²) in [6, 6.07) is 2.96. The van der Waals surface area contributed by atoms with Gasteiger partial charge in [-0.15, -0.1) is 0 Å². The highest BCUT2D eigenvalue weighted by Gasteiger charge is 2.48. The number of carbonyl (C=O) groups excluding carboxylic acids is 2. The molecule has 2 amide bonds. The van der Waals surface area contributed by atoms with E-state index in [-0.39, 0.29) is 35.0 Å². The summed E-state index contributed by atoms with van der Waals surface area (Å²) in [7, 11) is 0. The number of rotatable bonds is 2. The molecule has 6 nitrogen and oxygen atoms in total. The van der Waals surface area contributed by atoms with Crippen LogP contribution < -0.4 is 4.90 Å². The summed E-state index contributed by atoms with van der Waals surface area (Å²) < 4.78 is 0. The Morgan fingerprint density at radius 1 is 1.20 bits per heavy atom. The lowest BCUT2D eigenvalue weighted by Crippen LogP contribution is -2.32. The van der Waals surface area contributed by atoms with Crippen molar-refractivity contribution in [1.29, 1.82) is 0 Å². The van der Waals surface area contributed by atoms with E-state index < -0.39 is 5.97 Å². The Kier molecular flexibility index (Phi) is 2.85. The monoisotopic (exact) mass is 272 g/mol. The second-order valence-corrected chi connectivity index (χ2v) is 4.84. The molecule has 0 saturated carbocycles. The fraction of sp³-hybridized carbons (Fsp3) is 0.286. The fourth-order valence-corrected chi connectivity index (χ4v) is 2.78. The predicted molar refractivity (Wildman–Crippen MR) is 69.0 cm³/mol. The van der Waals surface area contributed by atoms with Crippen molar-refractivity contribution >= 4 is 23.5 Å². The molecule has 0 bridgehead atoms. The molecule has 20 heavy (non-hydrogen) atoms. The van der Waals surface area contributed by atoms with Crippen molar-refractivity contribution in [2.45, 2.75) is 12.8 Å². The molecule has 1 aromatic rings.